The van der Waals surface area contributed by atoms with Gasteiger partial charge in [0.15, 0.2) is 5.82 Å². The van der Waals surface area contributed by atoms with Crippen molar-refractivity contribution in [3.8, 4) is 0 Å². The van der Waals surface area contributed by atoms with Crippen LogP contribution in [0.15, 0.2) is 0 Å². The predicted molar refractivity (Wildman–Crippen MR) is 82.3 cm³/mol. The van der Waals surface area contributed by atoms with Crippen LogP contribution in [0.2, 0.25) is 0 Å². The predicted octanol–water partition coefficient (Wildman–Crippen LogP) is 1.95. The van der Waals surface area contributed by atoms with Crippen LogP contribution in [0.3, 0.4) is 0 Å². The Labute approximate surface area is 117 Å². The van der Waals surface area contributed by atoms with E-state index >= 15 is 0 Å². The Hall–Kier alpha value is -1.23. The van der Waals surface area contributed by atoms with Gasteiger partial charge in [-0.05, 0) is 19.3 Å². The van der Waals surface area contributed by atoms with E-state index in [9.17, 15) is 0 Å². The van der Waals surface area contributed by atoms with E-state index in [0.717, 1.165) is 42.0 Å². The lowest BCUT2D eigenvalue weighted by Gasteiger charge is -2.23. The van der Waals surface area contributed by atoms with Crippen LogP contribution < -0.4 is 11.1 Å². The van der Waals surface area contributed by atoms with Crippen LogP contribution in [-0.2, 0) is 13.0 Å². The number of hydrogen-bond donors (Lipinski definition) is 2. The summed E-state index contributed by atoms with van der Waals surface area (Å²) in [6, 6.07) is 0. The fourth-order valence-electron chi connectivity index (χ4n) is 2.15. The molecule has 0 bridgehead atoms. The Bertz CT molecular complexity index is 389. The van der Waals surface area contributed by atoms with E-state index in [0.29, 0.717) is 0 Å². The Morgan fingerprint density at radius 3 is 2.53 bits per heavy atom. The van der Waals surface area contributed by atoms with Crippen LogP contribution >= 0.6 is 0 Å². The number of fused-ring (bicyclic) bond motifs is 1. The highest BCUT2D eigenvalue weighted by atomic mass is 15.3. The van der Waals surface area contributed by atoms with Crippen molar-refractivity contribution in [1.82, 2.24) is 9.78 Å². The SMILES string of the molecule is CC.C[N+](C)(C)CCNc1nn2c(c1N)CCCC2. The van der Waals surface area contributed by atoms with Gasteiger partial charge in [-0.25, -0.2) is 0 Å². The maximum atomic E-state index is 6.12. The molecule has 1 aromatic rings. The van der Waals surface area contributed by atoms with Crippen LogP contribution in [0.5, 0.6) is 0 Å². The number of nitrogen functional groups attached to an aromatic ring is 1. The third kappa shape index (κ3) is 4.42. The van der Waals surface area contributed by atoms with Gasteiger partial charge >= 0.3 is 0 Å². The van der Waals surface area contributed by atoms with Gasteiger partial charge in [-0.2, -0.15) is 5.10 Å². The van der Waals surface area contributed by atoms with Crippen LogP contribution in [-0.4, -0.2) is 48.5 Å². The topological polar surface area (TPSA) is 55.9 Å². The van der Waals surface area contributed by atoms with Crippen LogP contribution in [0.1, 0.15) is 32.4 Å². The lowest BCUT2D eigenvalue weighted by Crippen LogP contribution is -2.38. The summed E-state index contributed by atoms with van der Waals surface area (Å²) >= 11 is 0. The van der Waals surface area contributed by atoms with E-state index in [4.69, 9.17) is 5.73 Å². The Kier molecular flexibility index (Phi) is 5.66. The summed E-state index contributed by atoms with van der Waals surface area (Å²) in [5.74, 6) is 0.871. The number of aromatic nitrogens is 2. The van der Waals surface area contributed by atoms with Crippen molar-refractivity contribution < 1.29 is 4.48 Å². The first-order valence-corrected chi connectivity index (χ1v) is 7.37. The van der Waals surface area contributed by atoms with Crippen molar-refractivity contribution in [3.05, 3.63) is 5.69 Å². The molecule has 0 aromatic carbocycles. The molecule has 19 heavy (non-hydrogen) atoms. The minimum atomic E-state index is 0.853. The number of rotatable bonds is 4. The number of quaternary nitrogens is 1. The summed E-state index contributed by atoms with van der Waals surface area (Å²) in [5.41, 5.74) is 8.19. The average molecular weight is 268 g/mol. The molecule has 0 fully saturated rings. The van der Waals surface area contributed by atoms with Crippen molar-refractivity contribution in [2.45, 2.75) is 39.7 Å². The highest BCUT2D eigenvalue weighted by Gasteiger charge is 2.18. The molecule has 1 aliphatic rings. The van der Waals surface area contributed by atoms with Gasteiger partial charge in [0.1, 0.15) is 0 Å². The first kappa shape index (κ1) is 15.8. The standard InChI is InChI=1S/C12H24N5.C2H6/c1-17(2,3)9-7-14-12-11(13)10-6-4-5-8-16(10)15-12;1-2/h4-9,13H2,1-3H3,(H,14,15);1-2H3/q+1;. The van der Waals surface area contributed by atoms with Gasteiger partial charge < -0.3 is 15.5 Å². The van der Waals surface area contributed by atoms with E-state index in [1.54, 1.807) is 0 Å². The Morgan fingerprint density at radius 2 is 1.95 bits per heavy atom. The zero-order valence-electron chi connectivity index (χ0n) is 13.2. The van der Waals surface area contributed by atoms with Crippen molar-refractivity contribution in [1.29, 1.82) is 0 Å². The average Bonchev–Trinajstić information content (AvgIpc) is 2.68. The quantitative estimate of drug-likeness (QED) is 0.821. The molecule has 5 heteroatoms. The van der Waals surface area contributed by atoms with Gasteiger partial charge in [-0.3, -0.25) is 4.68 Å². The minimum Gasteiger partial charge on any atom is -0.394 e. The number of nitrogens with one attached hydrogen (secondary N) is 1. The van der Waals surface area contributed by atoms with E-state index in [1.807, 2.05) is 13.8 Å². The van der Waals surface area contributed by atoms with Gasteiger partial charge in [0.05, 0.1) is 45.6 Å². The summed E-state index contributed by atoms with van der Waals surface area (Å²) in [7, 11) is 6.55. The van der Waals surface area contributed by atoms with E-state index < -0.39 is 0 Å². The highest BCUT2D eigenvalue weighted by molar-refractivity contribution is 5.64. The van der Waals surface area contributed by atoms with Gasteiger partial charge in [0.25, 0.3) is 0 Å². The van der Waals surface area contributed by atoms with Crippen molar-refractivity contribution in [2.75, 3.05) is 45.3 Å². The molecule has 2 heterocycles. The summed E-state index contributed by atoms with van der Waals surface area (Å²) in [5, 5.41) is 7.90. The molecular weight excluding hydrogens is 238 g/mol. The molecule has 0 radical (unpaired) electrons. The lowest BCUT2D eigenvalue weighted by atomic mass is 10.1. The normalized spacial score (nSPS) is 14.4. The van der Waals surface area contributed by atoms with Gasteiger partial charge in [-0.1, -0.05) is 13.8 Å². The van der Waals surface area contributed by atoms with Gasteiger partial charge in [0, 0.05) is 6.54 Å². The molecule has 5 nitrogen and oxygen atoms in total. The second kappa shape index (κ2) is 6.80. The molecule has 1 aromatic heterocycles. The fourth-order valence-corrected chi connectivity index (χ4v) is 2.15. The zero-order valence-corrected chi connectivity index (χ0v) is 13.2. The van der Waals surface area contributed by atoms with Crippen LogP contribution in [0.4, 0.5) is 11.5 Å². The Morgan fingerprint density at radius 1 is 1.26 bits per heavy atom. The molecule has 0 spiro atoms. The third-order valence-corrected chi connectivity index (χ3v) is 3.21. The van der Waals surface area contributed by atoms with E-state index in [1.165, 1.54) is 18.5 Å². The third-order valence-electron chi connectivity index (χ3n) is 3.21. The van der Waals surface area contributed by atoms with Crippen molar-refractivity contribution in [3.63, 3.8) is 0 Å². The van der Waals surface area contributed by atoms with E-state index in [2.05, 4.69) is 36.2 Å². The molecule has 3 N–H and O–H groups in total. The number of nitrogens with zero attached hydrogens (tertiary/aromatic N) is 3. The van der Waals surface area contributed by atoms with Gasteiger partial charge in [-0.15, -0.1) is 0 Å². The Balaban J connectivity index is 0.000000861. The van der Waals surface area contributed by atoms with Crippen LogP contribution in [0, 0.1) is 0 Å². The van der Waals surface area contributed by atoms with Gasteiger partial charge in [0.2, 0.25) is 0 Å². The second-order valence-corrected chi connectivity index (χ2v) is 5.83. The minimum absolute atomic E-state index is 0.853. The van der Waals surface area contributed by atoms with E-state index in [-0.39, 0.29) is 0 Å². The first-order chi connectivity index (χ1) is 8.97. The molecule has 0 atom stereocenters. The maximum Gasteiger partial charge on any atom is 0.171 e. The largest absolute Gasteiger partial charge is 0.394 e. The molecule has 2 rings (SSSR count). The molecule has 0 saturated carbocycles. The maximum absolute atomic E-state index is 6.12. The number of likely N-dealkylation sites (N-methyl/N-ethyl adjacent to an activating group) is 1. The number of nitrogens with two attached hydrogens (primary N) is 1. The summed E-state index contributed by atoms with van der Waals surface area (Å²) < 4.78 is 3.01. The number of hydrogen-bond acceptors (Lipinski definition) is 3. The molecule has 0 amide bonds. The second-order valence-electron chi connectivity index (χ2n) is 5.83. The highest BCUT2D eigenvalue weighted by Crippen LogP contribution is 2.26. The number of anilines is 2. The van der Waals surface area contributed by atoms with Crippen LogP contribution in [0.25, 0.3) is 0 Å². The summed E-state index contributed by atoms with van der Waals surface area (Å²) in [4.78, 5) is 0. The molecule has 0 saturated heterocycles. The molecule has 1 aliphatic heterocycles. The van der Waals surface area contributed by atoms with Crippen molar-refractivity contribution in [2.24, 2.45) is 0 Å². The smallest absolute Gasteiger partial charge is 0.171 e. The molecular formula is C14H30N5+. The fraction of sp³-hybridized carbons (Fsp3) is 0.786. The molecule has 0 unspecified atom stereocenters. The number of aryl methyl sites for hydroxylation is 1. The summed E-state index contributed by atoms with van der Waals surface area (Å²) in [6.07, 6.45) is 3.51. The monoisotopic (exact) mass is 268 g/mol. The first-order valence-electron chi connectivity index (χ1n) is 7.37. The van der Waals surface area contributed by atoms with Crippen molar-refractivity contribution >= 4 is 11.5 Å². The zero-order chi connectivity index (χ0) is 14.5. The lowest BCUT2D eigenvalue weighted by molar-refractivity contribution is -0.868. The molecule has 0 aliphatic carbocycles. The molecule has 110 valence electrons. The summed E-state index contributed by atoms with van der Waals surface area (Å²) in [6.45, 7) is 6.97.